The van der Waals surface area contributed by atoms with Crippen molar-refractivity contribution < 1.29 is 32.5 Å². The summed E-state index contributed by atoms with van der Waals surface area (Å²) >= 11 is 0. The summed E-state index contributed by atoms with van der Waals surface area (Å²) in [6.07, 6.45) is 3.83. The third kappa shape index (κ3) is 7.20. The van der Waals surface area contributed by atoms with Crippen molar-refractivity contribution >= 4 is 21.6 Å². The molecule has 4 aliphatic heterocycles. The Hall–Kier alpha value is -3.75. The van der Waals surface area contributed by atoms with Crippen molar-refractivity contribution in [3.8, 4) is 11.5 Å². The maximum Gasteiger partial charge on any atom is 0.257 e. The number of piperidine rings is 2. The van der Waals surface area contributed by atoms with Crippen molar-refractivity contribution in [2.75, 3.05) is 51.3 Å². The lowest BCUT2D eigenvalue weighted by atomic mass is 9.99. The zero-order valence-electron chi connectivity index (χ0n) is 28.8. The fourth-order valence-electron chi connectivity index (χ4n) is 7.78. The molecule has 7 rings (SSSR count). The summed E-state index contributed by atoms with van der Waals surface area (Å²) in [5.74, 6) is 0.922. The number of methoxy groups -OCH3 is 1. The van der Waals surface area contributed by atoms with Gasteiger partial charge in [0.25, 0.3) is 5.91 Å². The van der Waals surface area contributed by atoms with Crippen molar-refractivity contribution in [3.05, 3.63) is 83.2 Å². The minimum absolute atomic E-state index is 0.0455. The monoisotopic (exact) mass is 705 g/mol. The zero-order chi connectivity index (χ0) is 34.8. The van der Waals surface area contributed by atoms with Gasteiger partial charge in [-0.05, 0) is 75.4 Å². The molecule has 1 amide bonds. The fourth-order valence-corrected chi connectivity index (χ4v) is 9.73. The summed E-state index contributed by atoms with van der Waals surface area (Å²) in [5.41, 5.74) is 4.61. The van der Waals surface area contributed by atoms with Gasteiger partial charge in [-0.3, -0.25) is 14.7 Å². The second kappa shape index (κ2) is 14.8. The van der Waals surface area contributed by atoms with E-state index in [2.05, 4.69) is 16.0 Å². The Morgan fingerprint density at radius 3 is 2.52 bits per heavy atom. The van der Waals surface area contributed by atoms with Crippen LogP contribution in [-0.2, 0) is 27.9 Å². The number of fused-ring (bicyclic) bond motifs is 1. The summed E-state index contributed by atoms with van der Waals surface area (Å²) in [5, 5.41) is 10.2. The average molecular weight is 706 g/mol. The van der Waals surface area contributed by atoms with E-state index in [1.807, 2.05) is 47.1 Å². The van der Waals surface area contributed by atoms with E-state index in [9.17, 15) is 18.3 Å². The number of aryl methyl sites for hydroxylation is 1. The van der Waals surface area contributed by atoms with Crippen LogP contribution in [-0.4, -0.2) is 109 Å². The van der Waals surface area contributed by atoms with Gasteiger partial charge in [0.2, 0.25) is 16.4 Å². The highest BCUT2D eigenvalue weighted by Gasteiger charge is 2.39. The van der Waals surface area contributed by atoms with E-state index in [4.69, 9.17) is 14.2 Å². The number of carbonyl (C=O) groups excluding carboxylic acids is 1. The Balaban J connectivity index is 0.909. The first kappa shape index (κ1) is 34.7. The van der Waals surface area contributed by atoms with Crippen molar-refractivity contribution in [3.63, 3.8) is 0 Å². The highest BCUT2D eigenvalue weighted by molar-refractivity contribution is 7.89. The Morgan fingerprint density at radius 2 is 1.76 bits per heavy atom. The van der Waals surface area contributed by atoms with E-state index in [1.165, 1.54) is 0 Å². The highest BCUT2D eigenvalue weighted by atomic mass is 32.2. The number of benzene rings is 2. The fraction of sp³-hybridized carbons (Fsp3) is 0.514. The first-order valence-corrected chi connectivity index (χ1v) is 19.1. The Kier molecular flexibility index (Phi) is 10.3. The van der Waals surface area contributed by atoms with Gasteiger partial charge < -0.3 is 29.1 Å². The third-order valence-electron chi connectivity index (χ3n) is 10.7. The second-order valence-corrected chi connectivity index (χ2v) is 15.9. The number of anilines is 1. The quantitative estimate of drug-likeness (QED) is 0.352. The number of aliphatic hydroxyl groups is 1. The predicted molar refractivity (Wildman–Crippen MR) is 188 cm³/mol. The summed E-state index contributed by atoms with van der Waals surface area (Å²) in [7, 11) is -1.87. The van der Waals surface area contributed by atoms with Crippen molar-refractivity contribution in [2.45, 2.75) is 76.0 Å². The normalized spacial score (nSPS) is 22.8. The van der Waals surface area contributed by atoms with E-state index < -0.39 is 21.7 Å². The maximum atomic E-state index is 13.6. The average Bonchev–Trinajstić information content (AvgIpc) is 3.62. The van der Waals surface area contributed by atoms with Crippen LogP contribution in [0, 0.1) is 6.92 Å². The van der Waals surface area contributed by atoms with Crippen LogP contribution in [0.1, 0.15) is 59.3 Å². The van der Waals surface area contributed by atoms with Crippen LogP contribution in [0.25, 0.3) is 0 Å². The van der Waals surface area contributed by atoms with Crippen LogP contribution in [0.4, 0.5) is 5.69 Å². The molecule has 3 fully saturated rings. The third-order valence-corrected chi connectivity index (χ3v) is 13.0. The van der Waals surface area contributed by atoms with Gasteiger partial charge in [0.15, 0.2) is 0 Å². The van der Waals surface area contributed by atoms with Crippen LogP contribution in [0.3, 0.4) is 0 Å². The predicted octanol–water partition coefficient (Wildman–Crippen LogP) is 3.76. The van der Waals surface area contributed by atoms with Crippen LogP contribution in [0.5, 0.6) is 11.5 Å². The van der Waals surface area contributed by atoms with Crippen LogP contribution >= 0.6 is 0 Å². The maximum absolute atomic E-state index is 13.6. The van der Waals surface area contributed by atoms with E-state index in [1.54, 1.807) is 35.8 Å². The van der Waals surface area contributed by atoms with Gasteiger partial charge in [0.1, 0.15) is 17.6 Å². The number of hydrogen-bond acceptors (Lipinski definition) is 10. The first-order valence-electron chi connectivity index (χ1n) is 17.6. The number of amides is 1. The Bertz CT molecular complexity index is 1780. The van der Waals surface area contributed by atoms with Gasteiger partial charge in [-0.15, -0.1) is 0 Å². The highest BCUT2D eigenvalue weighted by Crippen LogP contribution is 2.35. The molecule has 1 N–H and O–H groups in total. The molecule has 4 aliphatic rings. The lowest BCUT2D eigenvalue weighted by molar-refractivity contribution is -0.121. The molecule has 0 spiro atoms. The smallest absolute Gasteiger partial charge is 0.257 e. The molecule has 0 aliphatic carbocycles. The SMILES string of the molecule is COc1cc(OC2CCN(S(=O)(=O)C3CCN(Cc4cccnc4C)C3)CC2)ccc1C(=O)N1CCC(N2c3ccccc3COC2O)CC1. The van der Waals surface area contributed by atoms with Crippen molar-refractivity contribution in [1.29, 1.82) is 0 Å². The zero-order valence-corrected chi connectivity index (χ0v) is 29.6. The molecule has 2 atom stereocenters. The van der Waals surface area contributed by atoms with Gasteiger partial charge in [-0.1, -0.05) is 24.3 Å². The Morgan fingerprint density at radius 1 is 0.980 bits per heavy atom. The van der Waals surface area contributed by atoms with Gasteiger partial charge in [-0.2, -0.15) is 0 Å². The van der Waals surface area contributed by atoms with Gasteiger partial charge in [0.05, 0.1) is 24.5 Å². The second-order valence-electron chi connectivity index (χ2n) is 13.7. The number of rotatable bonds is 9. The number of aliphatic hydroxyl groups excluding tert-OH is 1. The van der Waals surface area contributed by atoms with Crippen LogP contribution < -0.4 is 14.4 Å². The van der Waals surface area contributed by atoms with Crippen LogP contribution in [0.15, 0.2) is 60.8 Å². The van der Waals surface area contributed by atoms with Crippen LogP contribution in [0.2, 0.25) is 0 Å². The Labute approximate surface area is 294 Å². The molecule has 0 bridgehead atoms. The summed E-state index contributed by atoms with van der Waals surface area (Å²) in [6.45, 7) is 6.27. The molecule has 3 aromatic rings. The standard InChI is InChI=1S/C37H47N5O7S/c1-26-27(7-5-16-38-26)23-39-17-15-32(24-39)50(45,46)41-20-13-30(14-21-41)49-31-9-10-33(35(22-31)47-2)36(43)40-18-11-29(12-19-40)42-34-8-4-3-6-28(34)25-48-37(42)44/h3-10,16,22,29-30,32,37,44H,11-15,17-21,23-25H2,1-2H3. The molecule has 50 heavy (non-hydrogen) atoms. The van der Waals surface area contributed by atoms with Gasteiger partial charge in [0, 0.05) is 74.5 Å². The lowest BCUT2D eigenvalue weighted by Crippen LogP contribution is -2.52. The molecule has 2 aromatic carbocycles. The van der Waals surface area contributed by atoms with Crippen molar-refractivity contribution in [2.24, 2.45) is 0 Å². The molecule has 0 radical (unpaired) electrons. The summed E-state index contributed by atoms with van der Waals surface area (Å²) in [4.78, 5) is 24.0. The molecule has 12 nitrogen and oxygen atoms in total. The largest absolute Gasteiger partial charge is 0.496 e. The van der Waals surface area contributed by atoms with E-state index in [-0.39, 0.29) is 18.1 Å². The number of nitrogens with zero attached hydrogens (tertiary/aromatic N) is 5. The molecule has 268 valence electrons. The molecule has 5 heterocycles. The van der Waals surface area contributed by atoms with Gasteiger partial charge in [-0.25, -0.2) is 12.7 Å². The number of sulfonamides is 1. The van der Waals surface area contributed by atoms with Gasteiger partial charge >= 0.3 is 0 Å². The van der Waals surface area contributed by atoms with E-state index in [0.717, 1.165) is 29.1 Å². The molecule has 13 heteroatoms. The molecular formula is C37H47N5O7S. The molecule has 3 saturated heterocycles. The lowest BCUT2D eigenvalue weighted by Gasteiger charge is -2.44. The number of aromatic nitrogens is 1. The molecular weight excluding hydrogens is 659 g/mol. The van der Waals surface area contributed by atoms with E-state index in [0.29, 0.717) is 95.0 Å². The summed E-state index contributed by atoms with van der Waals surface area (Å²) < 4.78 is 46.3. The number of hydrogen-bond donors (Lipinski definition) is 1. The minimum atomic E-state index is -3.42. The molecule has 1 aromatic heterocycles. The molecule has 0 saturated carbocycles. The van der Waals surface area contributed by atoms with E-state index >= 15 is 0 Å². The molecule has 2 unspecified atom stereocenters. The number of likely N-dealkylation sites (tertiary alicyclic amines) is 2. The number of ether oxygens (including phenoxy) is 3. The first-order chi connectivity index (χ1) is 24.2. The number of carbonyl (C=O) groups is 1. The topological polar surface area (TPSA) is 125 Å². The summed E-state index contributed by atoms with van der Waals surface area (Å²) in [6, 6.07) is 17.3. The number of pyridine rings is 1. The minimum Gasteiger partial charge on any atom is -0.496 e. The number of para-hydroxylation sites is 1. The van der Waals surface area contributed by atoms with Crippen molar-refractivity contribution in [1.82, 2.24) is 19.1 Å².